The van der Waals surface area contributed by atoms with E-state index in [0.717, 1.165) is 0 Å². The van der Waals surface area contributed by atoms with Gasteiger partial charge in [0.05, 0.1) is 13.2 Å². The van der Waals surface area contributed by atoms with Gasteiger partial charge in [-0.1, -0.05) is 38.1 Å². The van der Waals surface area contributed by atoms with Crippen LogP contribution >= 0.6 is 0 Å². The van der Waals surface area contributed by atoms with Crippen molar-refractivity contribution in [2.24, 2.45) is 0 Å². The number of morpholine rings is 1. The summed E-state index contributed by atoms with van der Waals surface area (Å²) in [5.74, 6) is -1.04. The smallest absolute Gasteiger partial charge is 0.249 e. The summed E-state index contributed by atoms with van der Waals surface area (Å²) in [6.07, 6.45) is 0. The average Bonchev–Trinajstić information content (AvgIpc) is 2.65. The molecule has 1 saturated heterocycles. The largest absolute Gasteiger partial charge is 0.378 e. The number of rotatable bonds is 5. The number of allylic oxidation sites excluding steroid dienone is 2. The summed E-state index contributed by atoms with van der Waals surface area (Å²) in [6, 6.07) is 6.37. The highest BCUT2D eigenvalue weighted by molar-refractivity contribution is 7.94. The highest BCUT2D eigenvalue weighted by Crippen LogP contribution is 2.33. The van der Waals surface area contributed by atoms with Crippen LogP contribution in [0.5, 0.6) is 0 Å². The van der Waals surface area contributed by atoms with Gasteiger partial charge in [-0.3, -0.25) is 9.59 Å². The van der Waals surface area contributed by atoms with Crippen LogP contribution in [0, 0.1) is 0 Å². The molecule has 0 atom stereocenters. The van der Waals surface area contributed by atoms with Crippen LogP contribution in [-0.2, 0) is 14.8 Å². The molecule has 3 rings (SSSR count). The molecule has 0 amide bonds. The molecule has 0 N–H and O–H groups in total. The molecule has 0 bridgehead atoms. The van der Waals surface area contributed by atoms with Crippen molar-refractivity contribution in [1.82, 2.24) is 9.21 Å². The molecule has 1 aliphatic heterocycles. The quantitative estimate of drug-likeness (QED) is 0.768. The normalized spacial score (nSPS) is 18.5. The van der Waals surface area contributed by atoms with E-state index in [-0.39, 0.29) is 29.9 Å². The van der Waals surface area contributed by atoms with Gasteiger partial charge < -0.3 is 9.64 Å². The SMILES string of the molecule is CCN(CC)S(=O)(=O)C1=C(N2CCOCC2)C(=O)c2ccccc2C1=O. The summed E-state index contributed by atoms with van der Waals surface area (Å²) in [5, 5.41) is 0. The average molecular weight is 378 g/mol. The predicted octanol–water partition coefficient (Wildman–Crippen LogP) is 1.28. The number of Topliss-reactive ketones (excluding diaryl/α,β-unsaturated/α-hetero) is 2. The number of sulfonamides is 1. The van der Waals surface area contributed by atoms with Crippen molar-refractivity contribution < 1.29 is 22.7 Å². The minimum Gasteiger partial charge on any atom is -0.378 e. The summed E-state index contributed by atoms with van der Waals surface area (Å²) >= 11 is 0. The maximum atomic E-state index is 13.2. The Kier molecular flexibility index (Phi) is 5.27. The van der Waals surface area contributed by atoms with Gasteiger partial charge in [0.25, 0.3) is 0 Å². The van der Waals surface area contributed by atoms with Gasteiger partial charge >= 0.3 is 0 Å². The van der Waals surface area contributed by atoms with Gasteiger partial charge in [0.2, 0.25) is 21.6 Å². The third-order valence-electron chi connectivity index (χ3n) is 4.68. The van der Waals surface area contributed by atoms with Gasteiger partial charge in [-0.25, -0.2) is 8.42 Å². The first kappa shape index (κ1) is 18.8. The molecule has 1 aromatic rings. The third-order valence-corrected chi connectivity index (χ3v) is 6.77. The molecule has 1 aromatic carbocycles. The van der Waals surface area contributed by atoms with Crippen molar-refractivity contribution in [2.75, 3.05) is 39.4 Å². The molecule has 0 unspecified atom stereocenters. The Morgan fingerprint density at radius 1 is 1.00 bits per heavy atom. The number of carbonyl (C=O) groups is 2. The summed E-state index contributed by atoms with van der Waals surface area (Å²) in [6.45, 7) is 5.36. The summed E-state index contributed by atoms with van der Waals surface area (Å²) < 4.78 is 32.9. The molecule has 0 radical (unpaired) electrons. The van der Waals surface area contributed by atoms with E-state index < -0.39 is 26.5 Å². The third kappa shape index (κ3) is 2.98. The monoisotopic (exact) mass is 378 g/mol. The van der Waals surface area contributed by atoms with E-state index in [1.165, 1.54) is 10.4 Å². The van der Waals surface area contributed by atoms with E-state index in [4.69, 9.17) is 4.74 Å². The Morgan fingerprint density at radius 3 is 2.08 bits per heavy atom. The maximum absolute atomic E-state index is 13.2. The lowest BCUT2D eigenvalue weighted by Crippen LogP contribution is -2.44. The lowest BCUT2D eigenvalue weighted by atomic mass is 9.91. The molecule has 8 heteroatoms. The highest BCUT2D eigenvalue weighted by Gasteiger charge is 2.43. The van der Waals surface area contributed by atoms with Crippen LogP contribution < -0.4 is 0 Å². The van der Waals surface area contributed by atoms with Gasteiger partial charge in [-0.05, 0) is 0 Å². The number of hydrogen-bond acceptors (Lipinski definition) is 6. The topological polar surface area (TPSA) is 84.0 Å². The van der Waals surface area contributed by atoms with Crippen LogP contribution in [0.3, 0.4) is 0 Å². The van der Waals surface area contributed by atoms with E-state index in [1.54, 1.807) is 36.9 Å². The molecular weight excluding hydrogens is 356 g/mol. The molecule has 1 heterocycles. The number of ketones is 2. The first-order chi connectivity index (χ1) is 12.4. The zero-order valence-electron chi connectivity index (χ0n) is 14.9. The Bertz CT molecular complexity index is 865. The van der Waals surface area contributed by atoms with Crippen molar-refractivity contribution in [3.05, 3.63) is 46.0 Å². The highest BCUT2D eigenvalue weighted by atomic mass is 32.2. The second-order valence-electron chi connectivity index (χ2n) is 6.07. The van der Waals surface area contributed by atoms with E-state index in [9.17, 15) is 18.0 Å². The molecule has 0 spiro atoms. The van der Waals surface area contributed by atoms with E-state index in [0.29, 0.717) is 26.3 Å². The summed E-state index contributed by atoms with van der Waals surface area (Å²) in [7, 11) is -4.09. The maximum Gasteiger partial charge on any atom is 0.249 e. The number of ether oxygens (including phenoxy) is 1. The number of hydrogen-bond donors (Lipinski definition) is 0. The van der Waals surface area contributed by atoms with E-state index in [1.807, 2.05) is 0 Å². The van der Waals surface area contributed by atoms with Crippen molar-refractivity contribution in [3.63, 3.8) is 0 Å². The number of benzene rings is 1. The fourth-order valence-electron chi connectivity index (χ4n) is 3.35. The Balaban J connectivity index is 2.25. The first-order valence-corrected chi connectivity index (χ1v) is 10.1. The van der Waals surface area contributed by atoms with Crippen LogP contribution in [-0.4, -0.2) is 68.6 Å². The molecule has 0 aromatic heterocycles. The Labute approximate surface area is 153 Å². The van der Waals surface area contributed by atoms with Gasteiger partial charge in [-0.2, -0.15) is 4.31 Å². The predicted molar refractivity (Wildman–Crippen MR) is 96.4 cm³/mol. The summed E-state index contributed by atoms with van der Waals surface area (Å²) in [5.41, 5.74) is 0.363. The zero-order chi connectivity index (χ0) is 18.9. The number of nitrogens with zero attached hydrogens (tertiary/aromatic N) is 2. The standard InChI is InChI=1S/C18H22N2O5S/c1-3-20(4-2)26(23,24)18-15(19-9-11-25-12-10-19)16(21)13-7-5-6-8-14(13)17(18)22/h5-8H,3-4,9-12H2,1-2H3. The van der Waals surface area contributed by atoms with Gasteiger partial charge in [0.1, 0.15) is 5.70 Å². The second-order valence-corrected chi connectivity index (χ2v) is 7.95. The van der Waals surface area contributed by atoms with Crippen LogP contribution in [0.15, 0.2) is 34.9 Å². The van der Waals surface area contributed by atoms with Crippen molar-refractivity contribution in [2.45, 2.75) is 13.8 Å². The lowest BCUT2D eigenvalue weighted by molar-refractivity contribution is 0.0498. The van der Waals surface area contributed by atoms with Crippen molar-refractivity contribution >= 4 is 21.6 Å². The fraction of sp³-hybridized carbons (Fsp3) is 0.444. The fourth-order valence-corrected chi connectivity index (χ4v) is 5.09. The molecular formula is C18H22N2O5S. The Morgan fingerprint density at radius 2 is 1.54 bits per heavy atom. The Hall–Kier alpha value is -2.03. The van der Waals surface area contributed by atoms with Crippen molar-refractivity contribution in [3.8, 4) is 0 Å². The minimum absolute atomic E-state index is 0.0242. The van der Waals surface area contributed by atoms with Crippen LogP contribution in [0.2, 0.25) is 0 Å². The number of fused-ring (bicyclic) bond motifs is 1. The molecule has 7 nitrogen and oxygen atoms in total. The van der Waals surface area contributed by atoms with Gasteiger partial charge in [-0.15, -0.1) is 0 Å². The molecule has 1 aliphatic carbocycles. The van der Waals surface area contributed by atoms with E-state index in [2.05, 4.69) is 0 Å². The first-order valence-electron chi connectivity index (χ1n) is 8.69. The van der Waals surface area contributed by atoms with Crippen LogP contribution in [0.4, 0.5) is 0 Å². The van der Waals surface area contributed by atoms with Gasteiger partial charge in [0.15, 0.2) is 4.91 Å². The number of carbonyl (C=O) groups excluding carboxylic acids is 2. The minimum atomic E-state index is -4.09. The molecule has 26 heavy (non-hydrogen) atoms. The van der Waals surface area contributed by atoms with Crippen LogP contribution in [0.1, 0.15) is 34.6 Å². The lowest BCUT2D eigenvalue weighted by Gasteiger charge is -2.34. The molecule has 1 fully saturated rings. The van der Waals surface area contributed by atoms with Crippen LogP contribution in [0.25, 0.3) is 0 Å². The second kappa shape index (κ2) is 7.30. The summed E-state index contributed by atoms with van der Waals surface area (Å²) in [4.78, 5) is 27.5. The molecule has 2 aliphatic rings. The molecule has 0 saturated carbocycles. The van der Waals surface area contributed by atoms with E-state index >= 15 is 0 Å². The van der Waals surface area contributed by atoms with Gasteiger partial charge in [0, 0.05) is 37.3 Å². The molecule has 140 valence electrons. The zero-order valence-corrected chi connectivity index (χ0v) is 15.7. The van der Waals surface area contributed by atoms with Crippen molar-refractivity contribution in [1.29, 1.82) is 0 Å².